The number of nitrogens with zero attached hydrogens (tertiary/aromatic N) is 2. The third-order valence-corrected chi connectivity index (χ3v) is 4.83. The molecule has 1 heterocycles. The summed E-state index contributed by atoms with van der Waals surface area (Å²) in [6.07, 6.45) is 7.77. The number of aromatic nitrogens is 2. The van der Waals surface area contributed by atoms with Gasteiger partial charge in [-0.2, -0.15) is 0 Å². The van der Waals surface area contributed by atoms with E-state index in [1.54, 1.807) is 12.4 Å². The molecular weight excluding hydrogens is 214 g/mol. The molecule has 3 fully saturated rings. The van der Waals surface area contributed by atoms with Crippen molar-refractivity contribution in [2.45, 2.75) is 25.3 Å². The van der Waals surface area contributed by atoms with E-state index in [1.165, 1.54) is 19.3 Å². The number of nitrogens with one attached hydrogen (secondary N) is 2. The van der Waals surface area contributed by atoms with Crippen molar-refractivity contribution in [3.8, 4) is 0 Å². The van der Waals surface area contributed by atoms with E-state index in [-0.39, 0.29) is 0 Å². The maximum absolute atomic E-state index is 5.33. The van der Waals surface area contributed by atoms with Gasteiger partial charge in [-0.1, -0.05) is 0 Å². The van der Waals surface area contributed by atoms with Gasteiger partial charge in [0, 0.05) is 6.04 Å². The molecule has 0 radical (unpaired) electrons. The molecule has 4 unspecified atom stereocenters. The highest BCUT2D eigenvalue weighted by atomic mass is 15.3. The summed E-state index contributed by atoms with van der Waals surface area (Å²) in [5.41, 5.74) is 2.53. The van der Waals surface area contributed by atoms with E-state index in [0.29, 0.717) is 11.9 Å². The second-order valence-corrected chi connectivity index (χ2v) is 5.59. The number of fused-ring (bicyclic) bond motifs is 5. The third-order valence-electron chi connectivity index (χ3n) is 4.83. The first-order valence-corrected chi connectivity index (χ1v) is 6.42. The minimum absolute atomic E-state index is 0.615. The molecule has 0 amide bonds. The Labute approximate surface area is 100 Å². The molecule has 3 aliphatic rings. The molecule has 4 N–H and O–H groups in total. The smallest absolute Gasteiger partial charge is 0.160 e. The van der Waals surface area contributed by atoms with Crippen LogP contribution in [-0.2, 0) is 0 Å². The number of nitrogens with two attached hydrogens (primary N) is 1. The van der Waals surface area contributed by atoms with E-state index in [9.17, 15) is 0 Å². The summed E-state index contributed by atoms with van der Waals surface area (Å²) < 4.78 is 0. The SMILES string of the molecule is NNc1cncc(NC2C3C4CCC(C4)C23)n1. The van der Waals surface area contributed by atoms with Crippen LogP contribution in [0, 0.1) is 23.7 Å². The van der Waals surface area contributed by atoms with E-state index in [0.717, 1.165) is 29.5 Å². The number of anilines is 2. The van der Waals surface area contributed by atoms with Crippen LogP contribution in [0.25, 0.3) is 0 Å². The first kappa shape index (κ1) is 9.65. The maximum Gasteiger partial charge on any atom is 0.160 e. The predicted octanol–water partition coefficient (Wildman–Crippen LogP) is 1.22. The summed E-state index contributed by atoms with van der Waals surface area (Å²) in [7, 11) is 0. The summed E-state index contributed by atoms with van der Waals surface area (Å²) in [6.45, 7) is 0. The molecule has 4 atom stereocenters. The van der Waals surface area contributed by atoms with E-state index in [4.69, 9.17) is 5.84 Å². The average Bonchev–Trinajstić information content (AvgIpc) is 2.76. The highest BCUT2D eigenvalue weighted by molar-refractivity contribution is 5.44. The molecule has 4 rings (SSSR count). The van der Waals surface area contributed by atoms with Gasteiger partial charge in [0.05, 0.1) is 12.4 Å². The van der Waals surface area contributed by atoms with Crippen LogP contribution in [0.4, 0.5) is 11.6 Å². The molecule has 3 aliphatic carbocycles. The van der Waals surface area contributed by atoms with Crippen molar-refractivity contribution in [2.75, 3.05) is 10.7 Å². The molecule has 1 aromatic rings. The monoisotopic (exact) mass is 231 g/mol. The zero-order chi connectivity index (χ0) is 11.4. The Bertz CT molecular complexity index is 432. The van der Waals surface area contributed by atoms with Gasteiger partial charge in [0.15, 0.2) is 5.82 Å². The number of rotatable bonds is 3. The highest BCUT2D eigenvalue weighted by Gasteiger charge is 2.65. The third kappa shape index (κ3) is 1.35. The number of nitrogen functional groups attached to an aromatic ring is 1. The Morgan fingerprint density at radius 2 is 1.82 bits per heavy atom. The summed E-state index contributed by atoms with van der Waals surface area (Å²) in [6, 6.07) is 0.642. The van der Waals surface area contributed by atoms with Crippen molar-refractivity contribution in [3.05, 3.63) is 12.4 Å². The minimum Gasteiger partial charge on any atom is -0.365 e. The van der Waals surface area contributed by atoms with Gasteiger partial charge in [-0.3, -0.25) is 4.98 Å². The second-order valence-electron chi connectivity index (χ2n) is 5.59. The largest absolute Gasteiger partial charge is 0.365 e. The Kier molecular flexibility index (Phi) is 1.88. The minimum atomic E-state index is 0.615. The lowest BCUT2D eigenvalue weighted by molar-refractivity contribution is 0.456. The van der Waals surface area contributed by atoms with Gasteiger partial charge >= 0.3 is 0 Å². The quantitative estimate of drug-likeness (QED) is 0.538. The molecule has 0 saturated heterocycles. The van der Waals surface area contributed by atoms with Crippen LogP contribution in [0.15, 0.2) is 12.4 Å². The van der Waals surface area contributed by atoms with Crippen molar-refractivity contribution in [1.29, 1.82) is 0 Å². The van der Waals surface area contributed by atoms with Crippen LogP contribution in [0.5, 0.6) is 0 Å². The molecule has 5 nitrogen and oxygen atoms in total. The molecular formula is C12H17N5. The fraction of sp³-hybridized carbons (Fsp3) is 0.667. The van der Waals surface area contributed by atoms with Gasteiger partial charge in [0.1, 0.15) is 5.82 Å². The normalized spacial score (nSPS) is 41.1. The van der Waals surface area contributed by atoms with Crippen molar-refractivity contribution < 1.29 is 0 Å². The Morgan fingerprint density at radius 3 is 2.53 bits per heavy atom. The van der Waals surface area contributed by atoms with Gasteiger partial charge in [-0.15, -0.1) is 0 Å². The topological polar surface area (TPSA) is 75.9 Å². The Balaban J connectivity index is 1.49. The van der Waals surface area contributed by atoms with Crippen LogP contribution in [0.1, 0.15) is 19.3 Å². The molecule has 2 bridgehead atoms. The van der Waals surface area contributed by atoms with E-state index in [1.807, 2.05) is 0 Å². The van der Waals surface area contributed by atoms with Crippen LogP contribution >= 0.6 is 0 Å². The van der Waals surface area contributed by atoms with Crippen LogP contribution in [0.3, 0.4) is 0 Å². The van der Waals surface area contributed by atoms with Gasteiger partial charge in [-0.05, 0) is 42.9 Å². The molecule has 5 heteroatoms. The van der Waals surface area contributed by atoms with Crippen molar-refractivity contribution in [3.63, 3.8) is 0 Å². The molecule has 3 saturated carbocycles. The highest BCUT2D eigenvalue weighted by Crippen LogP contribution is 2.66. The first-order chi connectivity index (χ1) is 8.36. The lowest BCUT2D eigenvalue weighted by Crippen LogP contribution is -2.15. The lowest BCUT2D eigenvalue weighted by Gasteiger charge is -2.11. The van der Waals surface area contributed by atoms with Crippen LogP contribution < -0.4 is 16.6 Å². The zero-order valence-electron chi connectivity index (χ0n) is 9.63. The molecule has 17 heavy (non-hydrogen) atoms. The molecule has 0 spiro atoms. The van der Waals surface area contributed by atoms with Gasteiger partial charge < -0.3 is 10.7 Å². The lowest BCUT2D eigenvalue weighted by atomic mass is 10.0. The fourth-order valence-electron chi connectivity index (χ4n) is 4.19. The number of hydrazine groups is 1. The molecule has 90 valence electrons. The number of hydrogen-bond donors (Lipinski definition) is 3. The van der Waals surface area contributed by atoms with Crippen molar-refractivity contribution >= 4 is 11.6 Å². The predicted molar refractivity (Wildman–Crippen MR) is 65.1 cm³/mol. The van der Waals surface area contributed by atoms with Crippen LogP contribution in [-0.4, -0.2) is 16.0 Å². The van der Waals surface area contributed by atoms with E-state index >= 15 is 0 Å². The Hall–Kier alpha value is -1.36. The molecule has 0 aromatic carbocycles. The van der Waals surface area contributed by atoms with E-state index < -0.39 is 0 Å². The number of hydrogen-bond acceptors (Lipinski definition) is 5. The zero-order valence-corrected chi connectivity index (χ0v) is 9.63. The van der Waals surface area contributed by atoms with Crippen molar-refractivity contribution in [2.24, 2.45) is 29.5 Å². The standard InChI is InChI=1S/C12H17N5/c13-17-9-5-14-4-8(15-9)16-12-10-6-1-2-7(3-6)11(10)12/h4-7,10-12H,1-3,13H2,(H2,15,16,17). The van der Waals surface area contributed by atoms with Gasteiger partial charge in [-0.25, -0.2) is 10.8 Å². The maximum atomic E-state index is 5.33. The molecule has 1 aromatic heterocycles. The average molecular weight is 231 g/mol. The molecule has 0 aliphatic heterocycles. The summed E-state index contributed by atoms with van der Waals surface area (Å²) >= 11 is 0. The first-order valence-electron chi connectivity index (χ1n) is 6.42. The summed E-state index contributed by atoms with van der Waals surface area (Å²) in [4.78, 5) is 8.48. The van der Waals surface area contributed by atoms with Crippen molar-refractivity contribution in [1.82, 2.24) is 9.97 Å². The fourth-order valence-corrected chi connectivity index (χ4v) is 4.19. The Morgan fingerprint density at radius 1 is 1.12 bits per heavy atom. The van der Waals surface area contributed by atoms with Crippen LogP contribution in [0.2, 0.25) is 0 Å². The van der Waals surface area contributed by atoms with Gasteiger partial charge in [0.25, 0.3) is 0 Å². The summed E-state index contributed by atoms with van der Waals surface area (Å²) in [5, 5.41) is 3.52. The summed E-state index contributed by atoms with van der Waals surface area (Å²) in [5.74, 6) is 10.6. The van der Waals surface area contributed by atoms with Gasteiger partial charge in [0.2, 0.25) is 0 Å². The van der Waals surface area contributed by atoms with E-state index in [2.05, 4.69) is 20.7 Å². The second kappa shape index (κ2) is 3.32.